The number of carbonyl (C=O) groups excluding carboxylic acids is 1. The quantitative estimate of drug-likeness (QED) is 0.729. The van der Waals surface area contributed by atoms with Gasteiger partial charge in [-0.3, -0.25) is 0 Å². The molecule has 128 valence electrons. The van der Waals surface area contributed by atoms with E-state index in [1.165, 1.54) is 15.8 Å². The van der Waals surface area contributed by atoms with Crippen LogP contribution < -0.4 is 0 Å². The molecule has 1 aliphatic heterocycles. The van der Waals surface area contributed by atoms with E-state index in [4.69, 9.17) is 9.72 Å². The van der Waals surface area contributed by atoms with Gasteiger partial charge in [-0.25, -0.2) is 9.78 Å². The molecular weight excluding hydrogens is 320 g/mol. The van der Waals surface area contributed by atoms with E-state index in [2.05, 4.69) is 38.1 Å². The molecule has 0 bridgehead atoms. The normalized spacial score (nSPS) is 18.6. The first-order valence-corrected chi connectivity index (χ1v) is 9.11. The Kier molecular flexibility index (Phi) is 4.38. The first-order chi connectivity index (χ1) is 11.2. The summed E-state index contributed by atoms with van der Waals surface area (Å²) in [5, 5.41) is 1.06. The summed E-state index contributed by atoms with van der Waals surface area (Å²) in [5.74, 6) is 0. The number of rotatable bonds is 1. The van der Waals surface area contributed by atoms with Gasteiger partial charge < -0.3 is 9.64 Å². The van der Waals surface area contributed by atoms with Gasteiger partial charge in [-0.15, -0.1) is 11.3 Å². The van der Waals surface area contributed by atoms with Gasteiger partial charge in [-0.1, -0.05) is 18.2 Å². The van der Waals surface area contributed by atoms with Crippen LogP contribution in [0, 0.1) is 6.92 Å². The molecule has 1 amide bonds. The van der Waals surface area contributed by atoms with E-state index in [1.54, 1.807) is 16.2 Å². The lowest BCUT2D eigenvalue weighted by Crippen LogP contribution is -2.44. The average molecular weight is 344 g/mol. The van der Waals surface area contributed by atoms with E-state index in [1.807, 2.05) is 20.8 Å². The zero-order valence-electron chi connectivity index (χ0n) is 14.9. The molecule has 4 nitrogen and oxygen atoms in total. The van der Waals surface area contributed by atoms with Crippen molar-refractivity contribution in [3.05, 3.63) is 34.8 Å². The highest BCUT2D eigenvalue weighted by Gasteiger charge is 2.29. The number of para-hydroxylation sites is 1. The van der Waals surface area contributed by atoms with Crippen LogP contribution in [0.25, 0.3) is 15.8 Å². The number of aryl methyl sites for hydroxylation is 1. The van der Waals surface area contributed by atoms with E-state index in [0.29, 0.717) is 6.54 Å². The fourth-order valence-electron chi connectivity index (χ4n) is 2.87. The van der Waals surface area contributed by atoms with Crippen LogP contribution in [0.1, 0.15) is 44.7 Å². The Bertz CT molecular complexity index is 801. The predicted molar refractivity (Wildman–Crippen MR) is 99.4 cm³/mol. The summed E-state index contributed by atoms with van der Waals surface area (Å²) in [6, 6.07) is 6.38. The van der Waals surface area contributed by atoms with Crippen LogP contribution in [0.2, 0.25) is 0 Å². The molecule has 1 aliphatic rings. The van der Waals surface area contributed by atoms with Gasteiger partial charge in [0, 0.05) is 12.6 Å². The van der Waals surface area contributed by atoms with Crippen molar-refractivity contribution in [2.24, 2.45) is 0 Å². The maximum absolute atomic E-state index is 12.3. The maximum Gasteiger partial charge on any atom is 0.410 e. The van der Waals surface area contributed by atoms with Crippen molar-refractivity contribution in [1.29, 1.82) is 0 Å². The summed E-state index contributed by atoms with van der Waals surface area (Å²) in [6.07, 6.45) is 2.67. The number of amides is 1. The molecule has 0 saturated heterocycles. The molecule has 24 heavy (non-hydrogen) atoms. The standard InChI is InChI=1S/C19H24N2O2S/c1-12-7-6-8-15-16(12)20-17(24-15)14-9-10-21(13(2)11-14)18(22)23-19(3,4)5/h6-9,13H,10-11H2,1-5H3. The first kappa shape index (κ1) is 17.0. The summed E-state index contributed by atoms with van der Waals surface area (Å²) in [5.41, 5.74) is 3.05. The lowest BCUT2D eigenvalue weighted by atomic mass is 10.0. The fourth-order valence-corrected chi connectivity index (χ4v) is 3.97. The summed E-state index contributed by atoms with van der Waals surface area (Å²) in [6.45, 7) is 10.4. The molecule has 0 radical (unpaired) electrons. The van der Waals surface area contributed by atoms with Gasteiger partial charge in [0.15, 0.2) is 0 Å². The molecule has 2 aromatic rings. The number of fused-ring (bicyclic) bond motifs is 1. The highest BCUT2D eigenvalue weighted by molar-refractivity contribution is 7.19. The predicted octanol–water partition coefficient (Wildman–Crippen LogP) is 5.02. The van der Waals surface area contributed by atoms with E-state index in [-0.39, 0.29) is 12.1 Å². The lowest BCUT2D eigenvalue weighted by Gasteiger charge is -2.34. The number of ether oxygens (including phenoxy) is 1. The second-order valence-corrected chi connectivity index (χ2v) is 8.39. The third-order valence-electron chi connectivity index (χ3n) is 4.11. The molecule has 2 heterocycles. The summed E-state index contributed by atoms with van der Waals surface area (Å²) in [4.78, 5) is 18.9. The van der Waals surface area contributed by atoms with Crippen molar-refractivity contribution < 1.29 is 9.53 Å². The van der Waals surface area contributed by atoms with E-state index in [9.17, 15) is 4.79 Å². The van der Waals surface area contributed by atoms with Gasteiger partial charge in [0.05, 0.1) is 10.2 Å². The Morgan fingerprint density at radius 1 is 1.38 bits per heavy atom. The van der Waals surface area contributed by atoms with Crippen LogP contribution in [0.5, 0.6) is 0 Å². The number of hydrogen-bond donors (Lipinski definition) is 0. The fraction of sp³-hybridized carbons (Fsp3) is 0.474. The highest BCUT2D eigenvalue weighted by Crippen LogP contribution is 2.33. The number of nitrogens with zero attached hydrogens (tertiary/aromatic N) is 2. The van der Waals surface area contributed by atoms with Gasteiger partial charge in [-0.05, 0) is 58.2 Å². The van der Waals surface area contributed by atoms with Crippen molar-refractivity contribution in [3.63, 3.8) is 0 Å². The number of aromatic nitrogens is 1. The Labute approximate surface area is 147 Å². The topological polar surface area (TPSA) is 42.4 Å². The zero-order chi connectivity index (χ0) is 17.5. The zero-order valence-corrected chi connectivity index (χ0v) is 15.7. The number of hydrogen-bond acceptors (Lipinski definition) is 4. The summed E-state index contributed by atoms with van der Waals surface area (Å²) < 4.78 is 6.71. The van der Waals surface area contributed by atoms with Gasteiger partial charge >= 0.3 is 6.09 Å². The van der Waals surface area contributed by atoms with Crippen LogP contribution in [0.4, 0.5) is 4.79 Å². The molecule has 0 fully saturated rings. The van der Waals surface area contributed by atoms with Crippen molar-refractivity contribution in [3.8, 4) is 0 Å². The molecule has 3 rings (SSSR count). The molecule has 1 aromatic heterocycles. The van der Waals surface area contributed by atoms with Crippen molar-refractivity contribution >= 4 is 33.2 Å². The van der Waals surface area contributed by atoms with Crippen molar-refractivity contribution in [2.45, 2.75) is 52.7 Å². The molecule has 0 aliphatic carbocycles. The Morgan fingerprint density at radius 2 is 2.12 bits per heavy atom. The second-order valence-electron chi connectivity index (χ2n) is 7.36. The third kappa shape index (κ3) is 3.46. The van der Waals surface area contributed by atoms with Crippen LogP contribution in [0.15, 0.2) is 24.3 Å². The molecule has 0 saturated carbocycles. The van der Waals surface area contributed by atoms with Gasteiger partial charge in [0.1, 0.15) is 10.6 Å². The second kappa shape index (κ2) is 6.20. The summed E-state index contributed by atoms with van der Waals surface area (Å²) in [7, 11) is 0. The smallest absolute Gasteiger partial charge is 0.410 e. The van der Waals surface area contributed by atoms with Crippen molar-refractivity contribution in [2.75, 3.05) is 6.54 Å². The molecule has 0 N–H and O–H groups in total. The van der Waals surface area contributed by atoms with Crippen LogP contribution in [0.3, 0.4) is 0 Å². The van der Waals surface area contributed by atoms with Crippen molar-refractivity contribution in [1.82, 2.24) is 9.88 Å². The molecular formula is C19H24N2O2S. The SMILES string of the molecule is Cc1cccc2sc(C3=CCN(C(=O)OC(C)(C)C)C(C)C3)nc12. The molecule has 1 atom stereocenters. The largest absolute Gasteiger partial charge is 0.444 e. The Hall–Kier alpha value is -1.88. The number of benzene rings is 1. The number of thiazole rings is 1. The number of carbonyl (C=O) groups is 1. The van der Waals surface area contributed by atoms with Gasteiger partial charge in [0.25, 0.3) is 0 Å². The van der Waals surface area contributed by atoms with Crippen LogP contribution in [-0.2, 0) is 4.74 Å². The van der Waals surface area contributed by atoms with E-state index in [0.717, 1.165) is 16.9 Å². The Morgan fingerprint density at radius 3 is 2.75 bits per heavy atom. The minimum atomic E-state index is -0.467. The molecule has 1 aromatic carbocycles. The lowest BCUT2D eigenvalue weighted by molar-refractivity contribution is 0.0199. The molecule has 0 spiro atoms. The monoisotopic (exact) mass is 344 g/mol. The molecule has 1 unspecified atom stereocenters. The van der Waals surface area contributed by atoms with E-state index < -0.39 is 5.60 Å². The average Bonchev–Trinajstić information content (AvgIpc) is 2.90. The van der Waals surface area contributed by atoms with Crippen LogP contribution in [-0.4, -0.2) is 34.2 Å². The Balaban J connectivity index is 1.81. The maximum atomic E-state index is 12.3. The minimum Gasteiger partial charge on any atom is -0.444 e. The summed E-state index contributed by atoms with van der Waals surface area (Å²) >= 11 is 1.73. The molecule has 5 heteroatoms. The highest BCUT2D eigenvalue weighted by atomic mass is 32.1. The first-order valence-electron chi connectivity index (χ1n) is 8.30. The third-order valence-corrected chi connectivity index (χ3v) is 5.20. The van der Waals surface area contributed by atoms with Gasteiger partial charge in [-0.2, -0.15) is 0 Å². The van der Waals surface area contributed by atoms with E-state index >= 15 is 0 Å². The minimum absolute atomic E-state index is 0.105. The van der Waals surface area contributed by atoms with Gasteiger partial charge in [0.2, 0.25) is 0 Å². The van der Waals surface area contributed by atoms with Crippen LogP contribution >= 0.6 is 11.3 Å².